The Morgan fingerprint density at radius 3 is 2.86 bits per heavy atom. The number of esters is 1. The molecule has 0 spiro atoms. The molecule has 0 unspecified atom stereocenters. The smallest absolute Gasteiger partial charge is 0.337 e. The molecule has 5 nitrogen and oxygen atoms in total. The van der Waals surface area contributed by atoms with Crippen molar-refractivity contribution in [3.63, 3.8) is 0 Å². The first-order valence-corrected chi connectivity index (χ1v) is 6.28. The highest BCUT2D eigenvalue weighted by molar-refractivity contribution is 6.08. The van der Waals surface area contributed by atoms with Crippen LogP contribution in [0.25, 0.3) is 0 Å². The maximum absolute atomic E-state index is 12.2. The van der Waals surface area contributed by atoms with Gasteiger partial charge in [-0.25, -0.2) is 4.79 Å². The molecule has 5 heteroatoms. The minimum Gasteiger partial charge on any atom is -0.465 e. The van der Waals surface area contributed by atoms with E-state index in [0.29, 0.717) is 28.3 Å². The number of anilines is 1. The normalized spacial score (nSPS) is 14.1. The molecular weight excluding hydrogens is 270 g/mol. The van der Waals surface area contributed by atoms with Crippen molar-refractivity contribution < 1.29 is 19.1 Å². The van der Waals surface area contributed by atoms with Crippen LogP contribution in [0.4, 0.5) is 5.69 Å². The number of ether oxygens (including phenoxy) is 2. The summed E-state index contributed by atoms with van der Waals surface area (Å²) in [5.41, 5.74) is 1.15. The molecule has 0 bridgehead atoms. The molecule has 1 heterocycles. The van der Waals surface area contributed by atoms with Crippen LogP contribution in [-0.4, -0.2) is 19.0 Å². The Bertz CT molecular complexity index is 671. The second-order valence-electron chi connectivity index (χ2n) is 4.32. The van der Waals surface area contributed by atoms with E-state index < -0.39 is 5.97 Å². The third kappa shape index (κ3) is 3.02. The van der Waals surface area contributed by atoms with E-state index in [4.69, 9.17) is 4.74 Å². The van der Waals surface area contributed by atoms with E-state index in [1.54, 1.807) is 37.3 Å². The molecule has 2 rings (SSSR count). The Morgan fingerprint density at radius 2 is 2.19 bits per heavy atom. The summed E-state index contributed by atoms with van der Waals surface area (Å²) in [4.78, 5) is 23.7. The van der Waals surface area contributed by atoms with Gasteiger partial charge < -0.3 is 14.8 Å². The van der Waals surface area contributed by atoms with E-state index in [2.05, 4.69) is 16.6 Å². The van der Waals surface area contributed by atoms with Crippen LogP contribution in [0.3, 0.4) is 0 Å². The van der Waals surface area contributed by atoms with E-state index >= 15 is 0 Å². The maximum Gasteiger partial charge on any atom is 0.337 e. The zero-order valence-electron chi connectivity index (χ0n) is 11.8. The fourth-order valence-electron chi connectivity index (χ4n) is 1.89. The molecule has 0 saturated carbocycles. The number of hydrogen-bond acceptors (Lipinski definition) is 4. The van der Waals surface area contributed by atoms with Gasteiger partial charge >= 0.3 is 5.97 Å². The fraction of sp³-hybridized carbons (Fsp3) is 0.125. The summed E-state index contributed by atoms with van der Waals surface area (Å²) in [5, 5.41) is 2.72. The lowest BCUT2D eigenvalue weighted by Gasteiger charge is -2.09. The van der Waals surface area contributed by atoms with E-state index in [-0.39, 0.29) is 5.91 Å². The molecule has 1 N–H and O–H groups in total. The van der Waals surface area contributed by atoms with E-state index in [1.807, 2.05) is 0 Å². The van der Waals surface area contributed by atoms with E-state index in [9.17, 15) is 9.59 Å². The molecule has 0 atom stereocenters. The van der Waals surface area contributed by atoms with Crippen molar-refractivity contribution in [1.82, 2.24) is 0 Å². The quantitative estimate of drug-likeness (QED) is 0.685. The second kappa shape index (κ2) is 6.09. The first-order chi connectivity index (χ1) is 10.1. The first kappa shape index (κ1) is 14.6. The Kier molecular flexibility index (Phi) is 4.23. The SMILES string of the molecule is C=C/C=C\C1=C(C)Oc2ccc(C(=O)OC)cc2NC1=O. The van der Waals surface area contributed by atoms with Crippen LogP contribution in [0.2, 0.25) is 0 Å². The van der Waals surface area contributed by atoms with Gasteiger partial charge in [0.2, 0.25) is 0 Å². The van der Waals surface area contributed by atoms with Gasteiger partial charge in [0.05, 0.1) is 23.9 Å². The number of carbonyl (C=O) groups excluding carboxylic acids is 2. The number of hydrogen-bond donors (Lipinski definition) is 1. The molecule has 108 valence electrons. The van der Waals surface area contributed by atoms with Gasteiger partial charge in [-0.1, -0.05) is 18.7 Å². The Hall–Kier alpha value is -2.82. The van der Waals surface area contributed by atoms with Crippen LogP contribution in [0.15, 0.2) is 54.3 Å². The highest BCUT2D eigenvalue weighted by Crippen LogP contribution is 2.31. The average Bonchev–Trinajstić information content (AvgIpc) is 2.59. The lowest BCUT2D eigenvalue weighted by Crippen LogP contribution is -2.13. The number of methoxy groups -OCH3 is 1. The van der Waals surface area contributed by atoms with E-state index in [0.717, 1.165) is 0 Å². The number of allylic oxidation sites excluding steroid dienone is 3. The summed E-state index contributed by atoms with van der Waals surface area (Å²) in [7, 11) is 1.30. The van der Waals surface area contributed by atoms with Crippen LogP contribution in [0.1, 0.15) is 17.3 Å². The number of fused-ring (bicyclic) bond motifs is 1. The largest absolute Gasteiger partial charge is 0.465 e. The Labute approximate surface area is 122 Å². The molecule has 1 amide bonds. The van der Waals surface area contributed by atoms with Gasteiger partial charge in [0.1, 0.15) is 5.76 Å². The summed E-state index contributed by atoms with van der Waals surface area (Å²) in [6, 6.07) is 4.71. The van der Waals surface area contributed by atoms with Gasteiger partial charge in [0.15, 0.2) is 5.75 Å². The lowest BCUT2D eigenvalue weighted by molar-refractivity contribution is -0.112. The van der Waals surface area contributed by atoms with Gasteiger partial charge in [0.25, 0.3) is 5.91 Å². The molecule has 0 saturated heterocycles. The minimum absolute atomic E-state index is 0.314. The van der Waals surface area contributed by atoms with Gasteiger partial charge in [0, 0.05) is 0 Å². The molecular formula is C16H15NO4. The lowest BCUT2D eigenvalue weighted by atomic mass is 10.1. The molecule has 1 aromatic carbocycles. The highest BCUT2D eigenvalue weighted by atomic mass is 16.5. The predicted octanol–water partition coefficient (Wildman–Crippen LogP) is 2.82. The number of amides is 1. The van der Waals surface area contributed by atoms with Crippen molar-refractivity contribution in [2.75, 3.05) is 12.4 Å². The first-order valence-electron chi connectivity index (χ1n) is 6.28. The number of nitrogens with one attached hydrogen (secondary N) is 1. The topological polar surface area (TPSA) is 64.6 Å². The van der Waals surface area contributed by atoms with Gasteiger partial charge in [-0.3, -0.25) is 4.79 Å². The third-order valence-electron chi connectivity index (χ3n) is 2.93. The van der Waals surface area contributed by atoms with Crippen LogP contribution in [0.5, 0.6) is 5.75 Å². The highest BCUT2D eigenvalue weighted by Gasteiger charge is 2.21. The number of carbonyl (C=O) groups is 2. The molecule has 1 aliphatic rings. The summed E-state index contributed by atoms with van der Waals surface area (Å²) in [6.07, 6.45) is 4.84. The van der Waals surface area contributed by atoms with Crippen molar-refractivity contribution in [3.05, 3.63) is 59.9 Å². The van der Waals surface area contributed by atoms with Crippen molar-refractivity contribution in [3.8, 4) is 5.75 Å². The maximum atomic E-state index is 12.2. The minimum atomic E-state index is -0.479. The molecule has 1 aliphatic heterocycles. The number of benzene rings is 1. The predicted molar refractivity (Wildman–Crippen MR) is 79.1 cm³/mol. The Balaban J connectivity index is 2.41. The second-order valence-corrected chi connectivity index (χ2v) is 4.32. The fourth-order valence-corrected chi connectivity index (χ4v) is 1.89. The molecule has 21 heavy (non-hydrogen) atoms. The van der Waals surface area contributed by atoms with Gasteiger partial charge in [-0.15, -0.1) is 0 Å². The van der Waals surface area contributed by atoms with Crippen molar-refractivity contribution in [1.29, 1.82) is 0 Å². The van der Waals surface area contributed by atoms with Crippen molar-refractivity contribution in [2.24, 2.45) is 0 Å². The van der Waals surface area contributed by atoms with E-state index in [1.165, 1.54) is 13.2 Å². The summed E-state index contributed by atoms with van der Waals surface area (Å²) in [6.45, 7) is 5.27. The molecule has 1 aromatic rings. The monoisotopic (exact) mass is 285 g/mol. The zero-order valence-corrected chi connectivity index (χ0v) is 11.8. The Morgan fingerprint density at radius 1 is 1.43 bits per heavy atom. The van der Waals surface area contributed by atoms with Crippen molar-refractivity contribution in [2.45, 2.75) is 6.92 Å². The average molecular weight is 285 g/mol. The molecule has 0 aromatic heterocycles. The van der Waals surface area contributed by atoms with Crippen LogP contribution < -0.4 is 10.1 Å². The summed E-state index contributed by atoms with van der Waals surface area (Å²) < 4.78 is 10.3. The van der Waals surface area contributed by atoms with Crippen LogP contribution >= 0.6 is 0 Å². The third-order valence-corrected chi connectivity index (χ3v) is 2.93. The summed E-state index contributed by atoms with van der Waals surface area (Å²) >= 11 is 0. The molecule has 0 aliphatic carbocycles. The van der Waals surface area contributed by atoms with Crippen molar-refractivity contribution >= 4 is 17.6 Å². The van der Waals surface area contributed by atoms with Gasteiger partial charge in [-0.05, 0) is 31.2 Å². The standard InChI is InChI=1S/C16H15NO4/c1-4-5-6-12-10(2)21-14-8-7-11(16(19)20-3)9-13(14)17-15(12)18/h4-9H,1H2,2-3H3,(H,17,18)/b6-5-. The van der Waals surface area contributed by atoms with Crippen LogP contribution in [0, 0.1) is 0 Å². The summed E-state index contributed by atoms with van der Waals surface area (Å²) in [5.74, 6) is 0.143. The zero-order chi connectivity index (χ0) is 15.4. The molecule has 0 radical (unpaired) electrons. The number of rotatable bonds is 3. The van der Waals surface area contributed by atoms with Gasteiger partial charge in [-0.2, -0.15) is 0 Å². The molecule has 0 fully saturated rings. The van der Waals surface area contributed by atoms with Crippen LogP contribution in [-0.2, 0) is 9.53 Å².